The summed E-state index contributed by atoms with van der Waals surface area (Å²) in [5.74, 6) is 0. The Hall–Kier alpha value is -0.890. The normalized spacial score (nSPS) is 40.4. The Morgan fingerprint density at radius 3 is 2.43 bits per heavy atom. The molecule has 74 valence electrons. The zero-order chi connectivity index (χ0) is 9.65. The standard InChI is InChI=1S/C12H14FN/c13-12-6-11(7-12,8-14-9-12)10-4-2-1-3-5-10/h1-5,14H,6-9H2. The Labute approximate surface area is 83.3 Å². The van der Waals surface area contributed by atoms with Crippen LogP contribution in [0.2, 0.25) is 0 Å². The maximum atomic E-state index is 13.8. The summed E-state index contributed by atoms with van der Waals surface area (Å²) in [5, 5.41) is 3.19. The number of fused-ring (bicyclic) bond motifs is 2. The van der Waals surface area contributed by atoms with E-state index in [2.05, 4.69) is 17.4 Å². The highest BCUT2D eigenvalue weighted by Crippen LogP contribution is 2.54. The summed E-state index contributed by atoms with van der Waals surface area (Å²) in [7, 11) is 0. The first-order valence-corrected chi connectivity index (χ1v) is 5.18. The molecule has 4 rings (SSSR count). The molecule has 1 N–H and O–H groups in total. The largest absolute Gasteiger partial charge is 0.313 e. The summed E-state index contributed by atoms with van der Waals surface area (Å²) in [5.41, 5.74) is 0.461. The van der Waals surface area contributed by atoms with Gasteiger partial charge in [-0.3, -0.25) is 0 Å². The molecule has 2 bridgehead atoms. The van der Waals surface area contributed by atoms with Crippen LogP contribution in [0, 0.1) is 0 Å². The van der Waals surface area contributed by atoms with Gasteiger partial charge in [0, 0.05) is 18.5 Å². The highest BCUT2D eigenvalue weighted by atomic mass is 19.1. The first kappa shape index (κ1) is 8.42. The predicted molar refractivity (Wildman–Crippen MR) is 54.1 cm³/mol. The van der Waals surface area contributed by atoms with Crippen molar-refractivity contribution in [1.29, 1.82) is 0 Å². The number of hydrogen-bond donors (Lipinski definition) is 1. The summed E-state index contributed by atoms with van der Waals surface area (Å²) < 4.78 is 13.8. The Balaban J connectivity index is 1.93. The molecule has 1 aromatic rings. The van der Waals surface area contributed by atoms with E-state index in [1.54, 1.807) is 0 Å². The molecule has 0 aromatic heterocycles. The molecular formula is C12H14FN. The quantitative estimate of drug-likeness (QED) is 0.716. The highest BCUT2D eigenvalue weighted by molar-refractivity contribution is 5.34. The van der Waals surface area contributed by atoms with Gasteiger partial charge in [0.2, 0.25) is 0 Å². The lowest BCUT2D eigenvalue weighted by Gasteiger charge is -2.56. The molecule has 2 saturated heterocycles. The summed E-state index contributed by atoms with van der Waals surface area (Å²) in [6, 6.07) is 10.3. The first-order chi connectivity index (χ1) is 6.73. The van der Waals surface area contributed by atoms with Crippen LogP contribution in [0.1, 0.15) is 18.4 Å². The molecule has 1 aliphatic carbocycles. The second-order valence-electron chi connectivity index (χ2n) is 4.75. The van der Waals surface area contributed by atoms with Gasteiger partial charge in [-0.2, -0.15) is 0 Å². The van der Waals surface area contributed by atoms with Gasteiger partial charge in [-0.1, -0.05) is 30.3 Å². The van der Waals surface area contributed by atoms with Crippen LogP contribution in [-0.2, 0) is 5.41 Å². The second-order valence-corrected chi connectivity index (χ2v) is 4.75. The van der Waals surface area contributed by atoms with Crippen LogP contribution < -0.4 is 5.32 Å². The van der Waals surface area contributed by atoms with Crippen molar-refractivity contribution in [3.8, 4) is 0 Å². The average molecular weight is 191 g/mol. The van der Waals surface area contributed by atoms with Gasteiger partial charge in [0.1, 0.15) is 5.67 Å². The highest BCUT2D eigenvalue weighted by Gasteiger charge is 2.58. The Morgan fingerprint density at radius 1 is 1.07 bits per heavy atom. The third-order valence-corrected chi connectivity index (χ3v) is 3.60. The molecule has 2 aliphatic heterocycles. The second kappa shape index (κ2) is 2.57. The minimum absolute atomic E-state index is 0.0915. The number of halogens is 1. The van der Waals surface area contributed by atoms with Crippen LogP contribution in [0.4, 0.5) is 4.39 Å². The third-order valence-electron chi connectivity index (χ3n) is 3.60. The molecule has 1 aromatic carbocycles. The van der Waals surface area contributed by atoms with Crippen molar-refractivity contribution in [2.45, 2.75) is 23.9 Å². The van der Waals surface area contributed by atoms with Crippen molar-refractivity contribution in [3.63, 3.8) is 0 Å². The molecule has 2 heteroatoms. The van der Waals surface area contributed by atoms with E-state index in [1.807, 2.05) is 18.2 Å². The fraction of sp³-hybridized carbons (Fsp3) is 0.500. The first-order valence-electron chi connectivity index (χ1n) is 5.18. The van der Waals surface area contributed by atoms with Crippen LogP contribution in [0.25, 0.3) is 0 Å². The maximum Gasteiger partial charge on any atom is 0.125 e. The summed E-state index contributed by atoms with van der Waals surface area (Å²) >= 11 is 0. The van der Waals surface area contributed by atoms with E-state index < -0.39 is 5.67 Å². The van der Waals surface area contributed by atoms with Gasteiger partial charge in [0.15, 0.2) is 0 Å². The Morgan fingerprint density at radius 2 is 1.79 bits per heavy atom. The molecule has 0 unspecified atom stereocenters. The molecule has 1 saturated carbocycles. The summed E-state index contributed by atoms with van der Waals surface area (Å²) in [6.45, 7) is 1.48. The molecule has 0 amide bonds. The fourth-order valence-corrected chi connectivity index (χ4v) is 3.03. The molecule has 14 heavy (non-hydrogen) atoms. The van der Waals surface area contributed by atoms with E-state index >= 15 is 0 Å². The topological polar surface area (TPSA) is 12.0 Å². The SMILES string of the molecule is FC12CNCC(c3ccccc3)(C1)C2. The third kappa shape index (κ3) is 1.04. The number of rotatable bonds is 1. The monoisotopic (exact) mass is 191 g/mol. The number of piperidine rings is 2. The molecule has 0 radical (unpaired) electrons. The van der Waals surface area contributed by atoms with Crippen LogP contribution >= 0.6 is 0 Å². The van der Waals surface area contributed by atoms with Crippen LogP contribution in [0.3, 0.4) is 0 Å². The lowest BCUT2D eigenvalue weighted by molar-refractivity contribution is -0.0488. The van der Waals surface area contributed by atoms with E-state index in [-0.39, 0.29) is 5.41 Å². The number of hydrogen-bond acceptors (Lipinski definition) is 1. The predicted octanol–water partition coefficient (Wildman–Crippen LogP) is 2.03. The number of alkyl halides is 1. The summed E-state index contributed by atoms with van der Waals surface area (Å²) in [4.78, 5) is 0. The zero-order valence-electron chi connectivity index (χ0n) is 8.09. The van der Waals surface area contributed by atoms with Gasteiger partial charge in [0.25, 0.3) is 0 Å². The van der Waals surface area contributed by atoms with Crippen molar-refractivity contribution in [2.75, 3.05) is 13.1 Å². The van der Waals surface area contributed by atoms with Gasteiger partial charge in [-0.25, -0.2) is 4.39 Å². The smallest absolute Gasteiger partial charge is 0.125 e. The molecule has 0 spiro atoms. The van der Waals surface area contributed by atoms with Gasteiger partial charge < -0.3 is 5.32 Å². The molecule has 0 atom stereocenters. The molecular weight excluding hydrogens is 177 g/mol. The van der Waals surface area contributed by atoms with Crippen molar-refractivity contribution in [3.05, 3.63) is 35.9 Å². The molecule has 3 fully saturated rings. The summed E-state index contributed by atoms with van der Waals surface area (Å²) in [6.07, 6.45) is 1.41. The van der Waals surface area contributed by atoms with E-state index in [0.29, 0.717) is 19.4 Å². The minimum Gasteiger partial charge on any atom is -0.313 e. The van der Waals surface area contributed by atoms with Crippen LogP contribution in [-0.4, -0.2) is 18.8 Å². The number of nitrogens with one attached hydrogen (secondary N) is 1. The minimum atomic E-state index is -0.923. The molecule has 1 nitrogen and oxygen atoms in total. The van der Waals surface area contributed by atoms with E-state index in [4.69, 9.17) is 0 Å². The zero-order valence-corrected chi connectivity index (χ0v) is 8.09. The Bertz CT molecular complexity index is 341. The molecule has 2 heterocycles. The van der Waals surface area contributed by atoms with Crippen molar-refractivity contribution < 1.29 is 4.39 Å². The Kier molecular flexibility index (Phi) is 1.55. The van der Waals surface area contributed by atoms with Crippen molar-refractivity contribution >= 4 is 0 Å². The van der Waals surface area contributed by atoms with E-state index in [9.17, 15) is 4.39 Å². The molecule has 3 aliphatic rings. The van der Waals surface area contributed by atoms with Crippen LogP contribution in [0.5, 0.6) is 0 Å². The van der Waals surface area contributed by atoms with E-state index in [1.165, 1.54) is 5.56 Å². The van der Waals surface area contributed by atoms with Gasteiger partial charge in [-0.05, 0) is 18.4 Å². The van der Waals surface area contributed by atoms with Crippen LogP contribution in [0.15, 0.2) is 30.3 Å². The van der Waals surface area contributed by atoms with Gasteiger partial charge >= 0.3 is 0 Å². The fourth-order valence-electron chi connectivity index (χ4n) is 3.03. The number of benzene rings is 1. The van der Waals surface area contributed by atoms with Gasteiger partial charge in [-0.15, -0.1) is 0 Å². The van der Waals surface area contributed by atoms with Crippen molar-refractivity contribution in [1.82, 2.24) is 5.32 Å². The average Bonchev–Trinajstić information content (AvgIpc) is 2.18. The lowest BCUT2D eigenvalue weighted by Crippen LogP contribution is -2.66. The van der Waals surface area contributed by atoms with Gasteiger partial charge in [0.05, 0.1) is 0 Å². The lowest BCUT2D eigenvalue weighted by atomic mass is 9.54. The maximum absolute atomic E-state index is 13.8. The van der Waals surface area contributed by atoms with Crippen molar-refractivity contribution in [2.24, 2.45) is 0 Å². The van der Waals surface area contributed by atoms with E-state index in [0.717, 1.165) is 6.54 Å².